The second kappa shape index (κ2) is 3.76. The minimum absolute atomic E-state index is 0. The molecule has 0 aromatic carbocycles. The molecule has 0 saturated carbocycles. The van der Waals surface area contributed by atoms with Crippen molar-refractivity contribution in [2.75, 3.05) is 0 Å². The van der Waals surface area contributed by atoms with Crippen molar-refractivity contribution in [1.82, 2.24) is 5.32 Å². The molecule has 1 unspecified atom stereocenters. The first kappa shape index (κ1) is 11.9. The number of amides is 2. The van der Waals surface area contributed by atoms with Crippen LogP contribution in [0.15, 0.2) is 0 Å². The molecule has 0 aliphatic carbocycles. The fraction of sp³-hybridized carbons (Fsp3) is 0.600. The van der Waals surface area contributed by atoms with Crippen molar-refractivity contribution < 1.29 is 53.7 Å². The normalized spacial score (nSPS) is 23.4. The molecule has 1 fully saturated rings. The predicted octanol–water partition coefficient (Wildman–Crippen LogP) is -2.67. The first-order valence-corrected chi connectivity index (χ1v) is 2.81. The van der Waals surface area contributed by atoms with Crippen LogP contribution in [0.1, 0.15) is 7.85 Å². The van der Waals surface area contributed by atoms with Gasteiger partial charge in [-0.05, 0) is 0 Å². The Balaban J connectivity index is 0. The number of hydrogen-bond donors (Lipinski definition) is 1. The molecule has 7 heteroatoms. The Hall–Kier alpha value is -0.0700. The Labute approximate surface area is 89.5 Å². The van der Waals surface area contributed by atoms with Gasteiger partial charge in [0.2, 0.25) is 11.8 Å². The van der Waals surface area contributed by atoms with Crippen molar-refractivity contribution in [3.8, 4) is 0 Å². The van der Waals surface area contributed by atoms with Crippen LogP contribution in [0, 0.1) is 5.92 Å². The monoisotopic (exact) mass is 191 g/mol. The summed E-state index contributed by atoms with van der Waals surface area (Å²) < 4.78 is 35.3. The predicted molar refractivity (Wildman–Crippen MR) is 28.4 cm³/mol. The molecule has 3 nitrogen and oxygen atoms in total. The average molecular weight is 191 g/mol. The van der Waals surface area contributed by atoms with Crippen LogP contribution in [0.3, 0.4) is 0 Å². The molecule has 0 aromatic rings. The Morgan fingerprint density at radius 3 is 2.08 bits per heavy atom. The molecular formula is C5H5F3NNaO2. The van der Waals surface area contributed by atoms with Crippen molar-refractivity contribution in [2.24, 2.45) is 5.92 Å². The van der Waals surface area contributed by atoms with Gasteiger partial charge in [-0.1, -0.05) is 0 Å². The molecule has 0 bridgehead atoms. The number of carbonyl (C=O) groups excluding carboxylic acids is 2. The van der Waals surface area contributed by atoms with Crippen molar-refractivity contribution in [1.29, 1.82) is 0 Å². The first-order valence-electron chi connectivity index (χ1n) is 2.81. The summed E-state index contributed by atoms with van der Waals surface area (Å²) in [6.07, 6.45) is -5.38. The third kappa shape index (κ3) is 2.46. The van der Waals surface area contributed by atoms with Crippen LogP contribution in [0.25, 0.3) is 0 Å². The molecule has 1 heterocycles. The van der Waals surface area contributed by atoms with Gasteiger partial charge in [-0.2, -0.15) is 13.2 Å². The maximum atomic E-state index is 11.8. The van der Waals surface area contributed by atoms with Gasteiger partial charge in [0.25, 0.3) is 0 Å². The summed E-state index contributed by atoms with van der Waals surface area (Å²) in [6, 6.07) is 0. The number of halogens is 3. The maximum absolute atomic E-state index is 11.8. The summed E-state index contributed by atoms with van der Waals surface area (Å²) in [4.78, 5) is 20.7. The van der Waals surface area contributed by atoms with E-state index in [4.69, 9.17) is 0 Å². The van der Waals surface area contributed by atoms with Crippen LogP contribution in [0.4, 0.5) is 13.2 Å². The van der Waals surface area contributed by atoms with Gasteiger partial charge in [0.15, 0.2) is 0 Å². The fourth-order valence-electron chi connectivity index (χ4n) is 0.818. The summed E-state index contributed by atoms with van der Waals surface area (Å²) in [6.45, 7) is 0. The van der Waals surface area contributed by atoms with Gasteiger partial charge in [-0.15, -0.1) is 0 Å². The van der Waals surface area contributed by atoms with E-state index < -0.39 is 30.3 Å². The second-order valence-corrected chi connectivity index (χ2v) is 2.21. The zero-order valence-corrected chi connectivity index (χ0v) is 8.23. The number of imide groups is 1. The fourth-order valence-corrected chi connectivity index (χ4v) is 0.818. The molecule has 1 aliphatic heterocycles. The van der Waals surface area contributed by atoms with Crippen molar-refractivity contribution in [3.63, 3.8) is 0 Å². The molecule has 1 atom stereocenters. The quantitative estimate of drug-likeness (QED) is 0.335. The molecule has 2 amide bonds. The third-order valence-electron chi connectivity index (χ3n) is 1.36. The molecule has 0 radical (unpaired) electrons. The van der Waals surface area contributed by atoms with Crippen LogP contribution in [0.5, 0.6) is 0 Å². The maximum Gasteiger partial charge on any atom is 1.00 e. The zero-order valence-electron chi connectivity index (χ0n) is 7.23. The van der Waals surface area contributed by atoms with Crippen LogP contribution in [-0.4, -0.2) is 18.0 Å². The van der Waals surface area contributed by atoms with E-state index in [1.54, 1.807) is 5.32 Å². The van der Waals surface area contributed by atoms with E-state index in [1.165, 1.54) is 0 Å². The SMILES string of the molecule is O=C1CC(C(F)(F)F)C(=O)N1.[H-].[Na+]. The molecule has 64 valence electrons. The Kier molecular flexibility index (Phi) is 3.74. The van der Waals surface area contributed by atoms with E-state index in [2.05, 4.69) is 0 Å². The topological polar surface area (TPSA) is 46.2 Å². The van der Waals surface area contributed by atoms with Crippen molar-refractivity contribution in [2.45, 2.75) is 12.6 Å². The van der Waals surface area contributed by atoms with E-state index in [0.717, 1.165) is 0 Å². The van der Waals surface area contributed by atoms with Gasteiger partial charge in [0.1, 0.15) is 5.92 Å². The van der Waals surface area contributed by atoms with E-state index >= 15 is 0 Å². The van der Waals surface area contributed by atoms with Crippen molar-refractivity contribution in [3.05, 3.63) is 0 Å². The molecule has 1 saturated heterocycles. The second-order valence-electron chi connectivity index (χ2n) is 2.21. The molecule has 1 N–H and O–H groups in total. The van der Waals surface area contributed by atoms with E-state index in [-0.39, 0.29) is 31.0 Å². The van der Waals surface area contributed by atoms with E-state index in [0.29, 0.717) is 0 Å². The summed E-state index contributed by atoms with van der Waals surface area (Å²) in [7, 11) is 0. The Morgan fingerprint density at radius 2 is 1.92 bits per heavy atom. The summed E-state index contributed by atoms with van der Waals surface area (Å²) >= 11 is 0. The van der Waals surface area contributed by atoms with Crippen LogP contribution >= 0.6 is 0 Å². The summed E-state index contributed by atoms with van der Waals surface area (Å²) in [5.41, 5.74) is 0. The van der Waals surface area contributed by atoms with E-state index in [1.807, 2.05) is 0 Å². The summed E-state index contributed by atoms with van der Waals surface area (Å²) in [5.74, 6) is -4.25. The molecule has 1 rings (SSSR count). The average Bonchev–Trinajstić information content (AvgIpc) is 2.08. The van der Waals surface area contributed by atoms with Gasteiger partial charge in [-0.3, -0.25) is 14.9 Å². The minimum atomic E-state index is -4.60. The molecule has 0 aromatic heterocycles. The van der Waals surface area contributed by atoms with Crippen LogP contribution in [0.2, 0.25) is 0 Å². The number of carbonyl (C=O) groups is 2. The van der Waals surface area contributed by atoms with E-state index in [9.17, 15) is 22.8 Å². The number of hydrogen-bond acceptors (Lipinski definition) is 2. The first-order chi connectivity index (χ1) is 4.91. The standard InChI is InChI=1S/C5H4F3NO2.Na.H/c6-5(7,8)2-1-3(10)9-4(2)11;;/h2H,1H2,(H,9,10,11);;/q;+1;-1. The Morgan fingerprint density at radius 1 is 1.42 bits per heavy atom. The van der Waals surface area contributed by atoms with Crippen LogP contribution < -0.4 is 34.9 Å². The summed E-state index contributed by atoms with van der Waals surface area (Å²) in [5, 5.41) is 1.58. The number of nitrogens with one attached hydrogen (secondary N) is 1. The largest absolute Gasteiger partial charge is 1.00 e. The molecule has 12 heavy (non-hydrogen) atoms. The number of rotatable bonds is 0. The van der Waals surface area contributed by atoms with Crippen LogP contribution in [-0.2, 0) is 9.59 Å². The van der Waals surface area contributed by atoms with Gasteiger partial charge < -0.3 is 1.43 Å². The molecular weight excluding hydrogens is 186 g/mol. The van der Waals surface area contributed by atoms with Crippen molar-refractivity contribution >= 4 is 11.8 Å². The third-order valence-corrected chi connectivity index (χ3v) is 1.36. The van der Waals surface area contributed by atoms with Gasteiger partial charge in [0.05, 0.1) is 0 Å². The van der Waals surface area contributed by atoms with Gasteiger partial charge in [-0.25, -0.2) is 0 Å². The smallest absolute Gasteiger partial charge is 1.00 e. The Bertz CT molecular complexity index is 220. The molecule has 1 aliphatic rings. The van der Waals surface area contributed by atoms with Gasteiger partial charge >= 0.3 is 35.7 Å². The number of alkyl halides is 3. The minimum Gasteiger partial charge on any atom is -1.00 e. The zero-order chi connectivity index (χ0) is 8.65. The molecule has 0 spiro atoms. The van der Waals surface area contributed by atoms with Gasteiger partial charge in [0, 0.05) is 6.42 Å².